The minimum Gasteiger partial charge on any atom is -0.407 e. The Morgan fingerprint density at radius 3 is 3.04 bits per heavy atom. The molecule has 1 fully saturated rings. The fourth-order valence-electron chi connectivity index (χ4n) is 3.84. The number of nitrogens with two attached hydrogens (primary N) is 1. The summed E-state index contributed by atoms with van der Waals surface area (Å²) in [5.41, 5.74) is 13.7. The van der Waals surface area contributed by atoms with Crippen molar-refractivity contribution in [1.82, 2.24) is 15.4 Å². The molecule has 7 heteroatoms. The van der Waals surface area contributed by atoms with Crippen LogP contribution >= 0.6 is 0 Å². The molecule has 7 nitrogen and oxygen atoms in total. The maximum Gasteiger partial charge on any atom is 0.220 e. The number of allylic oxidation sites excluding steroid dienone is 2. The summed E-state index contributed by atoms with van der Waals surface area (Å²) in [7, 11) is 0. The Morgan fingerprint density at radius 1 is 1.29 bits per heavy atom. The zero-order valence-corrected chi connectivity index (χ0v) is 15.2. The minimum absolute atomic E-state index is 0.00445. The topological polar surface area (TPSA) is 96.5 Å². The van der Waals surface area contributed by atoms with E-state index >= 15 is 0 Å². The molecular formula is C21H21N5O2. The molecule has 1 aromatic carbocycles. The van der Waals surface area contributed by atoms with Gasteiger partial charge in [-0.3, -0.25) is 0 Å². The molecule has 0 bridgehead atoms. The number of hydroxylamine groups is 1. The first-order chi connectivity index (χ1) is 13.7. The number of benzene rings is 1. The number of anilines is 2. The first kappa shape index (κ1) is 17.0. The fraction of sp³-hybridized carbons (Fsp3) is 0.238. The maximum atomic E-state index is 9.83. The highest BCUT2D eigenvalue weighted by atomic mass is 16.7. The van der Waals surface area contributed by atoms with Gasteiger partial charge in [0, 0.05) is 41.7 Å². The van der Waals surface area contributed by atoms with Crippen LogP contribution in [-0.4, -0.2) is 40.3 Å². The van der Waals surface area contributed by atoms with Crippen molar-refractivity contribution in [3.8, 4) is 0 Å². The lowest BCUT2D eigenvalue weighted by Crippen LogP contribution is -2.22. The standard InChI is InChI=1S/C21H21N5O2/c22-21-23-8-6-18(24-21)13-4-5-19-17(11-13)20(28-25-19)14-2-1-3-15(10-14)26-9-7-16(27)12-26/h1-6,8,10-11,16,19,25,27H,7,9,12H2,(H2,22,23,24). The van der Waals surface area contributed by atoms with Crippen LogP contribution < -0.4 is 16.1 Å². The van der Waals surface area contributed by atoms with E-state index < -0.39 is 0 Å². The molecule has 142 valence electrons. The van der Waals surface area contributed by atoms with Gasteiger partial charge < -0.3 is 20.6 Å². The second kappa shape index (κ2) is 6.78. The number of fused-ring (bicyclic) bond motifs is 1. The first-order valence-corrected chi connectivity index (χ1v) is 9.36. The van der Waals surface area contributed by atoms with Gasteiger partial charge in [0.2, 0.25) is 5.95 Å². The van der Waals surface area contributed by atoms with Gasteiger partial charge in [0.15, 0.2) is 5.76 Å². The molecular weight excluding hydrogens is 354 g/mol. The summed E-state index contributed by atoms with van der Waals surface area (Å²) in [5.74, 6) is 1.06. The van der Waals surface area contributed by atoms with Gasteiger partial charge in [-0.2, -0.15) is 0 Å². The quantitative estimate of drug-likeness (QED) is 0.754. The summed E-state index contributed by atoms with van der Waals surface area (Å²) in [5, 5.41) is 9.83. The van der Waals surface area contributed by atoms with Crippen LogP contribution in [0.2, 0.25) is 0 Å². The van der Waals surface area contributed by atoms with E-state index in [0.29, 0.717) is 6.54 Å². The van der Waals surface area contributed by atoms with E-state index in [1.54, 1.807) is 6.20 Å². The van der Waals surface area contributed by atoms with E-state index in [-0.39, 0.29) is 18.1 Å². The molecule has 3 heterocycles. The lowest BCUT2D eigenvalue weighted by Gasteiger charge is -2.18. The molecule has 0 radical (unpaired) electrons. The number of nitrogens with zero attached hydrogens (tertiary/aromatic N) is 3. The molecule has 2 aliphatic heterocycles. The number of nitrogen functional groups attached to an aromatic ring is 1. The minimum atomic E-state index is -0.256. The van der Waals surface area contributed by atoms with E-state index in [4.69, 9.17) is 10.6 Å². The molecule has 5 rings (SSSR count). The summed E-state index contributed by atoms with van der Waals surface area (Å²) in [4.78, 5) is 16.3. The Morgan fingerprint density at radius 2 is 2.21 bits per heavy atom. The van der Waals surface area contributed by atoms with Crippen molar-refractivity contribution >= 4 is 23.0 Å². The molecule has 0 saturated carbocycles. The Labute approximate surface area is 162 Å². The van der Waals surface area contributed by atoms with E-state index in [2.05, 4.69) is 44.6 Å². The largest absolute Gasteiger partial charge is 0.407 e. The average molecular weight is 375 g/mol. The molecule has 2 atom stereocenters. The summed E-state index contributed by atoms with van der Waals surface area (Å²) in [6.45, 7) is 1.53. The number of hydrogen-bond donors (Lipinski definition) is 3. The van der Waals surface area contributed by atoms with Crippen molar-refractivity contribution in [3.63, 3.8) is 0 Å². The Kier molecular flexibility index (Phi) is 4.11. The summed E-state index contributed by atoms with van der Waals surface area (Å²) in [6.07, 6.45) is 8.35. The maximum absolute atomic E-state index is 9.83. The fourth-order valence-corrected chi connectivity index (χ4v) is 3.84. The third-order valence-corrected chi connectivity index (χ3v) is 5.27. The Hall–Kier alpha value is -3.16. The van der Waals surface area contributed by atoms with Gasteiger partial charge in [0.05, 0.1) is 17.8 Å². The monoisotopic (exact) mass is 375 g/mol. The van der Waals surface area contributed by atoms with Gasteiger partial charge in [-0.25, -0.2) is 9.97 Å². The third kappa shape index (κ3) is 3.04. The normalized spacial score (nSPS) is 23.6. The Balaban J connectivity index is 1.51. The SMILES string of the molecule is Nc1nccc(C2=CC3=C(c4cccc(N5CCC(O)C5)c4)ONC3C=C2)n1. The lowest BCUT2D eigenvalue weighted by molar-refractivity contribution is 0.174. The van der Waals surface area contributed by atoms with Gasteiger partial charge in [-0.15, -0.1) is 5.48 Å². The van der Waals surface area contributed by atoms with E-state index in [1.807, 2.05) is 24.3 Å². The summed E-state index contributed by atoms with van der Waals surface area (Å²) < 4.78 is 0. The van der Waals surface area contributed by atoms with Crippen molar-refractivity contribution in [3.05, 3.63) is 71.6 Å². The number of aliphatic hydroxyl groups excluding tert-OH is 1. The third-order valence-electron chi connectivity index (χ3n) is 5.27. The van der Waals surface area contributed by atoms with E-state index in [9.17, 15) is 5.11 Å². The molecule has 1 aliphatic carbocycles. The van der Waals surface area contributed by atoms with Crippen LogP contribution in [0.3, 0.4) is 0 Å². The van der Waals surface area contributed by atoms with Crippen LogP contribution in [0.25, 0.3) is 11.3 Å². The molecule has 0 amide bonds. The van der Waals surface area contributed by atoms with Crippen LogP contribution in [0.1, 0.15) is 17.7 Å². The molecule has 3 aliphatic rings. The highest BCUT2D eigenvalue weighted by molar-refractivity contribution is 5.82. The van der Waals surface area contributed by atoms with Gasteiger partial charge in [0.1, 0.15) is 0 Å². The summed E-state index contributed by atoms with van der Waals surface area (Å²) >= 11 is 0. The van der Waals surface area contributed by atoms with Crippen molar-refractivity contribution in [1.29, 1.82) is 0 Å². The number of hydrogen-bond acceptors (Lipinski definition) is 7. The lowest BCUT2D eigenvalue weighted by atomic mass is 9.94. The second-order valence-electron chi connectivity index (χ2n) is 7.18. The van der Waals surface area contributed by atoms with Crippen LogP contribution in [0.15, 0.2) is 60.3 Å². The van der Waals surface area contributed by atoms with Crippen molar-refractivity contribution in [2.45, 2.75) is 18.6 Å². The zero-order valence-electron chi connectivity index (χ0n) is 15.2. The highest BCUT2D eigenvalue weighted by Gasteiger charge is 2.28. The number of rotatable bonds is 3. The van der Waals surface area contributed by atoms with Gasteiger partial charge in [-0.05, 0) is 30.7 Å². The molecule has 0 spiro atoms. The Bertz CT molecular complexity index is 1010. The highest BCUT2D eigenvalue weighted by Crippen LogP contribution is 2.35. The van der Waals surface area contributed by atoms with Gasteiger partial charge in [0.25, 0.3) is 0 Å². The predicted octanol–water partition coefficient (Wildman–Crippen LogP) is 1.90. The predicted molar refractivity (Wildman–Crippen MR) is 108 cm³/mol. The van der Waals surface area contributed by atoms with Crippen LogP contribution in [0, 0.1) is 0 Å². The number of β-amino-alcohol motifs (C(OH)–C–C–N with tert-alkyl or cyclic N) is 1. The van der Waals surface area contributed by atoms with E-state index in [0.717, 1.165) is 46.8 Å². The average Bonchev–Trinajstić information content (AvgIpc) is 3.34. The van der Waals surface area contributed by atoms with Gasteiger partial charge >= 0.3 is 0 Å². The molecule has 2 unspecified atom stereocenters. The molecule has 4 N–H and O–H groups in total. The smallest absolute Gasteiger partial charge is 0.220 e. The summed E-state index contributed by atoms with van der Waals surface area (Å²) in [6, 6.07) is 10.1. The van der Waals surface area contributed by atoms with Gasteiger partial charge in [-0.1, -0.05) is 24.3 Å². The number of nitrogens with one attached hydrogen (secondary N) is 1. The molecule has 2 aromatic rings. The van der Waals surface area contributed by atoms with Crippen molar-refractivity contribution in [2.24, 2.45) is 0 Å². The first-order valence-electron chi connectivity index (χ1n) is 9.36. The second-order valence-corrected chi connectivity index (χ2v) is 7.18. The molecule has 1 aromatic heterocycles. The van der Waals surface area contributed by atoms with Crippen LogP contribution in [0.4, 0.5) is 11.6 Å². The zero-order chi connectivity index (χ0) is 19.1. The molecule has 1 saturated heterocycles. The number of aliphatic hydroxyl groups is 1. The molecule has 28 heavy (non-hydrogen) atoms. The van der Waals surface area contributed by atoms with Crippen LogP contribution in [-0.2, 0) is 4.84 Å². The van der Waals surface area contributed by atoms with Crippen molar-refractivity contribution in [2.75, 3.05) is 23.7 Å². The van der Waals surface area contributed by atoms with E-state index in [1.165, 1.54) is 0 Å². The van der Waals surface area contributed by atoms with Crippen molar-refractivity contribution < 1.29 is 9.94 Å². The van der Waals surface area contributed by atoms with Crippen LogP contribution in [0.5, 0.6) is 0 Å². The number of aromatic nitrogens is 2.